The normalized spacial score (nSPS) is 28.2. The summed E-state index contributed by atoms with van der Waals surface area (Å²) in [4.78, 5) is 0.149. The highest BCUT2D eigenvalue weighted by atomic mass is 32.2. The van der Waals surface area contributed by atoms with Crippen molar-refractivity contribution in [3.63, 3.8) is 0 Å². The van der Waals surface area contributed by atoms with E-state index in [1.54, 1.807) is 6.92 Å². The van der Waals surface area contributed by atoms with Gasteiger partial charge in [-0.1, -0.05) is 0 Å². The number of ether oxygens (including phenoxy) is 1. The molecule has 0 bridgehead atoms. The lowest BCUT2D eigenvalue weighted by Crippen LogP contribution is -2.54. The van der Waals surface area contributed by atoms with Crippen LogP contribution in [0.3, 0.4) is 0 Å². The van der Waals surface area contributed by atoms with Gasteiger partial charge in [-0.15, -0.1) is 0 Å². The largest absolute Gasteiger partial charge is 0.390 e. The van der Waals surface area contributed by atoms with Crippen LogP contribution in [0.15, 0.2) is 23.1 Å². The van der Waals surface area contributed by atoms with E-state index in [4.69, 9.17) is 4.74 Å². The molecule has 2 aliphatic heterocycles. The predicted molar refractivity (Wildman–Crippen MR) is 87.7 cm³/mol. The summed E-state index contributed by atoms with van der Waals surface area (Å²) in [6.07, 6.45) is 2.25. The molecule has 0 aromatic heterocycles. The lowest BCUT2D eigenvalue weighted by molar-refractivity contribution is -0.168. The Bertz CT molecular complexity index is 724. The number of halogens is 1. The molecular formula is C17H24FNO4S. The first kappa shape index (κ1) is 17.8. The lowest BCUT2D eigenvalue weighted by Gasteiger charge is -2.47. The Balaban J connectivity index is 1.76. The van der Waals surface area contributed by atoms with Gasteiger partial charge in [0, 0.05) is 19.5 Å². The number of benzene rings is 1. The molecule has 1 spiro atoms. The topological polar surface area (TPSA) is 66.8 Å². The van der Waals surface area contributed by atoms with Gasteiger partial charge in [0.05, 0.1) is 22.7 Å². The van der Waals surface area contributed by atoms with E-state index < -0.39 is 27.0 Å². The second-order valence-corrected chi connectivity index (χ2v) is 9.18. The van der Waals surface area contributed by atoms with Gasteiger partial charge in [-0.05, 0) is 56.9 Å². The van der Waals surface area contributed by atoms with Crippen LogP contribution in [-0.4, -0.2) is 48.7 Å². The van der Waals surface area contributed by atoms with Crippen molar-refractivity contribution in [1.29, 1.82) is 0 Å². The fourth-order valence-corrected chi connectivity index (χ4v) is 5.46. The molecule has 2 fully saturated rings. The molecule has 2 saturated heterocycles. The van der Waals surface area contributed by atoms with E-state index >= 15 is 0 Å². The average Bonchev–Trinajstić information content (AvgIpc) is 2.46. The predicted octanol–water partition coefficient (Wildman–Crippen LogP) is 2.22. The summed E-state index contributed by atoms with van der Waals surface area (Å²) in [5.41, 5.74) is -0.787. The number of nitrogens with zero attached hydrogens (tertiary/aromatic N) is 1. The van der Waals surface area contributed by atoms with Gasteiger partial charge in [0.15, 0.2) is 0 Å². The van der Waals surface area contributed by atoms with Crippen LogP contribution in [-0.2, 0) is 14.8 Å². The molecule has 134 valence electrons. The smallest absolute Gasteiger partial charge is 0.243 e. The number of rotatable bonds is 2. The summed E-state index contributed by atoms with van der Waals surface area (Å²) in [6, 6.07) is 3.73. The first-order valence-corrected chi connectivity index (χ1v) is 9.70. The fraction of sp³-hybridized carbons (Fsp3) is 0.647. The van der Waals surface area contributed by atoms with Crippen LogP contribution in [0.25, 0.3) is 0 Å². The van der Waals surface area contributed by atoms with Crippen molar-refractivity contribution in [2.75, 3.05) is 19.7 Å². The van der Waals surface area contributed by atoms with Crippen molar-refractivity contribution in [1.82, 2.24) is 4.31 Å². The quantitative estimate of drug-likeness (QED) is 0.881. The van der Waals surface area contributed by atoms with Crippen LogP contribution in [0.1, 0.15) is 38.2 Å². The van der Waals surface area contributed by atoms with Crippen molar-refractivity contribution in [2.24, 2.45) is 0 Å². The van der Waals surface area contributed by atoms with E-state index in [0.717, 1.165) is 0 Å². The fourth-order valence-electron chi connectivity index (χ4n) is 3.82. The standard InChI is InChI=1S/C17H24FNO4S/c1-13-11-14(18)3-4-15(13)24(21,22)19-8-5-17(6-9-19)12-16(2,20)7-10-23-17/h3-4,11,20H,5-10,12H2,1-2H3. The summed E-state index contributed by atoms with van der Waals surface area (Å²) in [6.45, 7) is 4.59. The van der Waals surface area contributed by atoms with E-state index in [-0.39, 0.29) is 4.90 Å². The summed E-state index contributed by atoms with van der Waals surface area (Å²) < 4.78 is 46.3. The SMILES string of the molecule is Cc1cc(F)ccc1S(=O)(=O)N1CCC2(CC1)CC(C)(O)CCO2. The maximum absolute atomic E-state index is 13.2. The van der Waals surface area contributed by atoms with Crippen LogP contribution in [0.2, 0.25) is 0 Å². The van der Waals surface area contributed by atoms with E-state index in [0.29, 0.717) is 50.9 Å². The number of hydrogen-bond acceptors (Lipinski definition) is 4. The van der Waals surface area contributed by atoms with Crippen molar-refractivity contribution in [3.05, 3.63) is 29.6 Å². The van der Waals surface area contributed by atoms with Gasteiger partial charge in [0.1, 0.15) is 5.82 Å². The molecule has 2 heterocycles. The van der Waals surface area contributed by atoms with E-state index in [1.807, 2.05) is 6.92 Å². The van der Waals surface area contributed by atoms with Crippen LogP contribution in [0.5, 0.6) is 0 Å². The summed E-state index contributed by atoms with van der Waals surface area (Å²) in [7, 11) is -3.64. The molecule has 1 atom stereocenters. The minimum Gasteiger partial charge on any atom is -0.390 e. The second-order valence-electron chi connectivity index (χ2n) is 7.27. The lowest BCUT2D eigenvalue weighted by atomic mass is 9.78. The molecule has 0 aliphatic carbocycles. The zero-order valence-electron chi connectivity index (χ0n) is 14.1. The van der Waals surface area contributed by atoms with Gasteiger partial charge in [-0.3, -0.25) is 0 Å². The molecule has 1 aromatic carbocycles. The maximum Gasteiger partial charge on any atom is 0.243 e. The molecule has 1 unspecified atom stereocenters. The molecule has 1 N–H and O–H groups in total. The third-order valence-corrected chi connectivity index (χ3v) is 7.20. The van der Waals surface area contributed by atoms with Crippen LogP contribution in [0, 0.1) is 12.7 Å². The second kappa shape index (κ2) is 6.05. The van der Waals surface area contributed by atoms with Crippen LogP contribution >= 0.6 is 0 Å². The zero-order chi connectivity index (χ0) is 17.6. The number of aliphatic hydroxyl groups is 1. The Hall–Kier alpha value is -1.02. The molecule has 3 rings (SSSR count). The van der Waals surface area contributed by atoms with Gasteiger partial charge in [0.2, 0.25) is 10.0 Å². The number of sulfonamides is 1. The van der Waals surface area contributed by atoms with Gasteiger partial charge >= 0.3 is 0 Å². The highest BCUT2D eigenvalue weighted by Gasteiger charge is 2.46. The number of hydrogen-bond donors (Lipinski definition) is 1. The van der Waals surface area contributed by atoms with Gasteiger partial charge in [-0.25, -0.2) is 12.8 Å². The van der Waals surface area contributed by atoms with Crippen LogP contribution < -0.4 is 0 Å². The average molecular weight is 357 g/mol. The van der Waals surface area contributed by atoms with E-state index in [1.165, 1.54) is 22.5 Å². The Morgan fingerprint density at radius 2 is 1.92 bits per heavy atom. The zero-order valence-corrected chi connectivity index (χ0v) is 14.9. The highest BCUT2D eigenvalue weighted by molar-refractivity contribution is 7.89. The molecule has 7 heteroatoms. The Kier molecular flexibility index (Phi) is 4.49. The Morgan fingerprint density at radius 1 is 1.25 bits per heavy atom. The molecule has 0 amide bonds. The third kappa shape index (κ3) is 3.35. The monoisotopic (exact) mass is 357 g/mol. The van der Waals surface area contributed by atoms with Crippen molar-refractivity contribution >= 4 is 10.0 Å². The molecule has 0 saturated carbocycles. The first-order chi connectivity index (χ1) is 11.1. The Labute approximate surface area is 142 Å². The number of aryl methyl sites for hydroxylation is 1. The molecular weight excluding hydrogens is 333 g/mol. The minimum atomic E-state index is -3.64. The maximum atomic E-state index is 13.2. The number of piperidine rings is 1. The summed E-state index contributed by atoms with van der Waals surface area (Å²) >= 11 is 0. The van der Waals surface area contributed by atoms with Gasteiger partial charge in [0.25, 0.3) is 0 Å². The van der Waals surface area contributed by atoms with E-state index in [9.17, 15) is 17.9 Å². The summed E-state index contributed by atoms with van der Waals surface area (Å²) in [5.74, 6) is -0.443. The molecule has 2 aliphatic rings. The van der Waals surface area contributed by atoms with Crippen molar-refractivity contribution in [3.8, 4) is 0 Å². The minimum absolute atomic E-state index is 0.149. The van der Waals surface area contributed by atoms with Crippen molar-refractivity contribution < 1.29 is 22.7 Å². The molecule has 24 heavy (non-hydrogen) atoms. The Morgan fingerprint density at radius 3 is 2.50 bits per heavy atom. The molecule has 5 nitrogen and oxygen atoms in total. The van der Waals surface area contributed by atoms with E-state index in [2.05, 4.69) is 0 Å². The van der Waals surface area contributed by atoms with Gasteiger partial charge in [-0.2, -0.15) is 4.31 Å². The third-order valence-electron chi connectivity index (χ3n) is 5.14. The molecule has 1 aromatic rings. The van der Waals surface area contributed by atoms with Gasteiger partial charge < -0.3 is 9.84 Å². The summed E-state index contributed by atoms with van der Waals surface area (Å²) in [5, 5.41) is 10.3. The highest BCUT2D eigenvalue weighted by Crippen LogP contribution is 2.40. The first-order valence-electron chi connectivity index (χ1n) is 8.26. The van der Waals surface area contributed by atoms with Crippen molar-refractivity contribution in [2.45, 2.75) is 55.6 Å². The van der Waals surface area contributed by atoms with Crippen LogP contribution in [0.4, 0.5) is 4.39 Å². The molecule has 0 radical (unpaired) electrons.